The average molecular weight is 235 g/mol. The number of ether oxygens (including phenoxy) is 2. The van der Waals surface area contributed by atoms with Crippen LogP contribution in [0.1, 0.15) is 36.9 Å². The highest BCUT2D eigenvalue weighted by Gasteiger charge is 2.17. The van der Waals surface area contributed by atoms with Gasteiger partial charge in [0.05, 0.1) is 6.10 Å². The van der Waals surface area contributed by atoms with Gasteiger partial charge in [-0.25, -0.2) is 0 Å². The van der Waals surface area contributed by atoms with Gasteiger partial charge in [0.1, 0.15) is 12.4 Å². The third kappa shape index (κ3) is 3.20. The van der Waals surface area contributed by atoms with Crippen LogP contribution >= 0.6 is 0 Å². The fourth-order valence-electron chi connectivity index (χ4n) is 2.11. The first kappa shape index (κ1) is 12.4. The number of aryl methyl sites for hydroxylation is 1. The van der Waals surface area contributed by atoms with Crippen molar-refractivity contribution < 1.29 is 9.47 Å². The number of rotatable bonds is 4. The van der Waals surface area contributed by atoms with Gasteiger partial charge in [-0.2, -0.15) is 0 Å². The van der Waals surface area contributed by atoms with E-state index in [-0.39, 0.29) is 12.1 Å². The lowest BCUT2D eigenvalue weighted by atomic mass is 10.1. The third-order valence-electron chi connectivity index (χ3n) is 3.10. The van der Waals surface area contributed by atoms with E-state index in [1.807, 2.05) is 13.0 Å². The van der Waals surface area contributed by atoms with Crippen LogP contribution in [0.2, 0.25) is 0 Å². The Bertz CT molecular complexity index is 370. The Hall–Kier alpha value is -1.06. The molecule has 2 atom stereocenters. The van der Waals surface area contributed by atoms with E-state index in [0.717, 1.165) is 30.8 Å². The molecule has 3 nitrogen and oxygen atoms in total. The quantitative estimate of drug-likeness (QED) is 0.872. The van der Waals surface area contributed by atoms with Gasteiger partial charge in [-0.15, -0.1) is 0 Å². The van der Waals surface area contributed by atoms with Crippen LogP contribution in [0.25, 0.3) is 0 Å². The molecule has 0 amide bonds. The number of hydrogen-bond donors (Lipinski definition) is 1. The van der Waals surface area contributed by atoms with Gasteiger partial charge in [0, 0.05) is 18.2 Å². The van der Waals surface area contributed by atoms with Gasteiger partial charge >= 0.3 is 0 Å². The van der Waals surface area contributed by atoms with E-state index in [2.05, 4.69) is 19.1 Å². The first-order valence-corrected chi connectivity index (χ1v) is 6.27. The summed E-state index contributed by atoms with van der Waals surface area (Å²) in [4.78, 5) is 0. The molecule has 3 heteroatoms. The molecule has 1 aromatic carbocycles. The minimum Gasteiger partial charge on any atom is -0.491 e. The zero-order chi connectivity index (χ0) is 12.3. The molecule has 2 rings (SSSR count). The molecule has 1 aromatic rings. The molecule has 0 aromatic heterocycles. The third-order valence-corrected chi connectivity index (χ3v) is 3.10. The van der Waals surface area contributed by atoms with Gasteiger partial charge in [-0.05, 0) is 32.8 Å². The minimum absolute atomic E-state index is 0.00519. The van der Waals surface area contributed by atoms with Crippen molar-refractivity contribution >= 4 is 0 Å². The van der Waals surface area contributed by atoms with E-state index in [1.165, 1.54) is 5.56 Å². The summed E-state index contributed by atoms with van der Waals surface area (Å²) in [6.45, 7) is 5.54. The molecular weight excluding hydrogens is 214 g/mol. The molecule has 0 radical (unpaired) electrons. The number of benzene rings is 1. The van der Waals surface area contributed by atoms with Gasteiger partial charge in [0.25, 0.3) is 0 Å². The van der Waals surface area contributed by atoms with Gasteiger partial charge in [0.2, 0.25) is 0 Å². The zero-order valence-corrected chi connectivity index (χ0v) is 10.6. The summed E-state index contributed by atoms with van der Waals surface area (Å²) in [5.41, 5.74) is 8.24. The van der Waals surface area contributed by atoms with Crippen LogP contribution in [0, 0.1) is 6.92 Å². The summed E-state index contributed by atoms with van der Waals surface area (Å²) in [6, 6.07) is 6.14. The maximum Gasteiger partial charge on any atom is 0.124 e. The first-order valence-electron chi connectivity index (χ1n) is 6.27. The second-order valence-electron chi connectivity index (χ2n) is 4.78. The normalized spacial score (nSPS) is 21.5. The number of hydrogen-bond acceptors (Lipinski definition) is 3. The fourth-order valence-corrected chi connectivity index (χ4v) is 2.11. The minimum atomic E-state index is -0.00519. The molecule has 0 bridgehead atoms. The van der Waals surface area contributed by atoms with Crippen molar-refractivity contribution in [1.29, 1.82) is 0 Å². The molecule has 94 valence electrons. The SMILES string of the molecule is Cc1ccc(OCC2CCCO2)c(C(C)N)c1. The molecule has 2 N–H and O–H groups in total. The lowest BCUT2D eigenvalue weighted by Gasteiger charge is -2.17. The van der Waals surface area contributed by atoms with E-state index >= 15 is 0 Å². The summed E-state index contributed by atoms with van der Waals surface area (Å²) in [6.07, 6.45) is 2.48. The average Bonchev–Trinajstić information content (AvgIpc) is 2.80. The van der Waals surface area contributed by atoms with Crippen LogP contribution < -0.4 is 10.5 Å². The van der Waals surface area contributed by atoms with Crippen molar-refractivity contribution in [2.24, 2.45) is 5.73 Å². The van der Waals surface area contributed by atoms with E-state index in [9.17, 15) is 0 Å². The Morgan fingerprint density at radius 3 is 3.00 bits per heavy atom. The highest BCUT2D eigenvalue weighted by molar-refractivity contribution is 5.38. The molecule has 1 fully saturated rings. The molecule has 0 aliphatic carbocycles. The second-order valence-corrected chi connectivity index (χ2v) is 4.78. The van der Waals surface area contributed by atoms with Crippen molar-refractivity contribution in [3.8, 4) is 5.75 Å². The Labute approximate surface area is 103 Å². The largest absolute Gasteiger partial charge is 0.491 e. The van der Waals surface area contributed by atoms with E-state index in [1.54, 1.807) is 0 Å². The Morgan fingerprint density at radius 1 is 1.53 bits per heavy atom. The van der Waals surface area contributed by atoms with Crippen LogP contribution in [0.5, 0.6) is 5.75 Å². The van der Waals surface area contributed by atoms with Gasteiger partial charge < -0.3 is 15.2 Å². The van der Waals surface area contributed by atoms with Crippen LogP contribution in [-0.2, 0) is 4.74 Å². The molecule has 1 aliphatic rings. The Morgan fingerprint density at radius 2 is 2.35 bits per heavy atom. The lowest BCUT2D eigenvalue weighted by Crippen LogP contribution is -2.18. The summed E-state index contributed by atoms with van der Waals surface area (Å²) in [7, 11) is 0. The van der Waals surface area contributed by atoms with E-state index < -0.39 is 0 Å². The molecule has 0 saturated carbocycles. The van der Waals surface area contributed by atoms with Gasteiger partial charge in [-0.1, -0.05) is 17.7 Å². The molecule has 1 heterocycles. The topological polar surface area (TPSA) is 44.5 Å². The Kier molecular flexibility index (Phi) is 4.02. The van der Waals surface area contributed by atoms with Crippen LogP contribution in [0.15, 0.2) is 18.2 Å². The predicted octanol–water partition coefficient (Wildman–Crippen LogP) is 2.57. The summed E-state index contributed by atoms with van der Waals surface area (Å²) in [5.74, 6) is 0.890. The second kappa shape index (κ2) is 5.52. The molecular formula is C14H21NO2. The highest BCUT2D eigenvalue weighted by atomic mass is 16.5. The zero-order valence-electron chi connectivity index (χ0n) is 10.6. The van der Waals surface area contributed by atoms with E-state index in [4.69, 9.17) is 15.2 Å². The van der Waals surface area contributed by atoms with Crippen molar-refractivity contribution in [3.63, 3.8) is 0 Å². The van der Waals surface area contributed by atoms with Crippen LogP contribution in [0.3, 0.4) is 0 Å². The summed E-state index contributed by atoms with van der Waals surface area (Å²) < 4.78 is 11.4. The molecule has 1 aliphatic heterocycles. The van der Waals surface area contributed by atoms with Crippen molar-refractivity contribution in [2.45, 2.75) is 38.8 Å². The highest BCUT2D eigenvalue weighted by Crippen LogP contribution is 2.26. The monoisotopic (exact) mass is 235 g/mol. The molecule has 2 unspecified atom stereocenters. The number of nitrogens with two attached hydrogens (primary N) is 1. The molecule has 1 saturated heterocycles. The molecule has 17 heavy (non-hydrogen) atoms. The maximum absolute atomic E-state index is 5.96. The maximum atomic E-state index is 5.96. The van der Waals surface area contributed by atoms with Crippen LogP contribution in [0.4, 0.5) is 0 Å². The standard InChI is InChI=1S/C14H21NO2/c1-10-5-6-14(13(8-10)11(2)15)17-9-12-4-3-7-16-12/h5-6,8,11-12H,3-4,7,9,15H2,1-2H3. The van der Waals surface area contributed by atoms with E-state index in [0.29, 0.717) is 6.61 Å². The first-order chi connectivity index (χ1) is 8.16. The van der Waals surface area contributed by atoms with Gasteiger partial charge in [-0.3, -0.25) is 0 Å². The lowest BCUT2D eigenvalue weighted by molar-refractivity contribution is 0.0675. The van der Waals surface area contributed by atoms with Crippen molar-refractivity contribution in [1.82, 2.24) is 0 Å². The van der Waals surface area contributed by atoms with Crippen molar-refractivity contribution in [2.75, 3.05) is 13.2 Å². The molecule has 0 spiro atoms. The van der Waals surface area contributed by atoms with Crippen LogP contribution in [-0.4, -0.2) is 19.3 Å². The van der Waals surface area contributed by atoms with Crippen molar-refractivity contribution in [3.05, 3.63) is 29.3 Å². The Balaban J connectivity index is 2.03. The smallest absolute Gasteiger partial charge is 0.124 e. The van der Waals surface area contributed by atoms with Gasteiger partial charge in [0.15, 0.2) is 0 Å². The summed E-state index contributed by atoms with van der Waals surface area (Å²) in [5, 5.41) is 0. The predicted molar refractivity (Wildman–Crippen MR) is 68.3 cm³/mol. The summed E-state index contributed by atoms with van der Waals surface area (Å²) >= 11 is 0. The fraction of sp³-hybridized carbons (Fsp3) is 0.571.